The number of nitrogens with one attached hydrogen (secondary N) is 1. The van der Waals surface area contributed by atoms with Crippen molar-refractivity contribution in [3.8, 4) is 0 Å². The van der Waals surface area contributed by atoms with Crippen LogP contribution in [-0.2, 0) is 13.5 Å². The molecule has 1 atom stereocenters. The number of aromatic nitrogens is 2. The molecule has 0 amide bonds. The summed E-state index contributed by atoms with van der Waals surface area (Å²) < 4.78 is 4.16. The molecule has 0 aliphatic carbocycles. The molecule has 3 nitrogen and oxygen atoms in total. The van der Waals surface area contributed by atoms with Crippen LogP contribution in [0.5, 0.6) is 0 Å². The monoisotopic (exact) mass is 385 g/mol. The maximum Gasteiger partial charge on any atom is 0.0596 e. The first kappa shape index (κ1) is 14.8. The predicted octanol–water partition coefficient (Wildman–Crippen LogP) is 3.76. The van der Waals surface area contributed by atoms with Gasteiger partial charge in [-0.05, 0) is 43.8 Å². The van der Waals surface area contributed by atoms with Crippen molar-refractivity contribution in [1.82, 2.24) is 15.1 Å². The summed E-state index contributed by atoms with van der Waals surface area (Å²) in [6.45, 7) is 2.02. The van der Waals surface area contributed by atoms with E-state index in [1.54, 1.807) is 0 Å². The molecule has 0 saturated carbocycles. The van der Waals surface area contributed by atoms with Gasteiger partial charge < -0.3 is 5.32 Å². The highest BCUT2D eigenvalue weighted by Gasteiger charge is 2.16. The highest BCUT2D eigenvalue weighted by atomic mass is 79.9. The molecule has 0 fully saturated rings. The van der Waals surface area contributed by atoms with Gasteiger partial charge in [-0.3, -0.25) is 4.68 Å². The maximum absolute atomic E-state index is 4.40. The van der Waals surface area contributed by atoms with Crippen molar-refractivity contribution in [3.05, 3.63) is 50.2 Å². The number of hydrogen-bond donors (Lipinski definition) is 1. The zero-order chi connectivity index (χ0) is 14.0. The minimum absolute atomic E-state index is 0.252. The van der Waals surface area contributed by atoms with Crippen molar-refractivity contribution in [2.45, 2.75) is 19.4 Å². The van der Waals surface area contributed by atoms with Gasteiger partial charge in [-0.2, -0.15) is 5.10 Å². The molecular weight excluding hydrogens is 370 g/mol. The van der Waals surface area contributed by atoms with Gasteiger partial charge in [0.15, 0.2) is 0 Å². The van der Waals surface area contributed by atoms with Gasteiger partial charge >= 0.3 is 0 Å². The Morgan fingerprint density at radius 2 is 2.05 bits per heavy atom. The van der Waals surface area contributed by atoms with Gasteiger partial charge in [-0.15, -0.1) is 0 Å². The van der Waals surface area contributed by atoms with Gasteiger partial charge in [0, 0.05) is 34.1 Å². The minimum atomic E-state index is 0.252. The topological polar surface area (TPSA) is 29.9 Å². The van der Waals surface area contributed by atoms with E-state index in [-0.39, 0.29) is 6.04 Å². The number of rotatable bonds is 4. The van der Waals surface area contributed by atoms with Crippen molar-refractivity contribution < 1.29 is 0 Å². The third kappa shape index (κ3) is 3.46. The van der Waals surface area contributed by atoms with Crippen LogP contribution >= 0.6 is 31.9 Å². The van der Waals surface area contributed by atoms with E-state index in [0.717, 1.165) is 21.1 Å². The van der Waals surface area contributed by atoms with E-state index < -0.39 is 0 Å². The molecule has 102 valence electrons. The fourth-order valence-electron chi connectivity index (χ4n) is 2.21. The van der Waals surface area contributed by atoms with E-state index in [9.17, 15) is 0 Å². The lowest BCUT2D eigenvalue weighted by atomic mass is 10.0. The summed E-state index contributed by atoms with van der Waals surface area (Å²) in [5.74, 6) is 0. The van der Waals surface area contributed by atoms with Crippen LogP contribution < -0.4 is 5.32 Å². The third-order valence-corrected chi connectivity index (χ3v) is 4.41. The molecule has 2 aromatic rings. The Hall–Kier alpha value is -0.650. The van der Waals surface area contributed by atoms with E-state index in [1.165, 1.54) is 11.3 Å². The molecule has 0 spiro atoms. The fraction of sp³-hybridized carbons (Fsp3) is 0.357. The van der Waals surface area contributed by atoms with Crippen LogP contribution in [0.2, 0.25) is 0 Å². The zero-order valence-electron chi connectivity index (χ0n) is 11.2. The summed E-state index contributed by atoms with van der Waals surface area (Å²) in [7, 11) is 3.98. The second-order valence-electron chi connectivity index (χ2n) is 4.61. The molecule has 0 aliphatic heterocycles. The normalized spacial score (nSPS) is 12.7. The van der Waals surface area contributed by atoms with Gasteiger partial charge in [0.05, 0.1) is 5.69 Å². The van der Waals surface area contributed by atoms with Gasteiger partial charge in [0.1, 0.15) is 0 Å². The molecule has 1 heterocycles. The molecule has 0 aliphatic rings. The Morgan fingerprint density at radius 1 is 1.32 bits per heavy atom. The average Bonchev–Trinajstić information content (AvgIpc) is 2.68. The summed E-state index contributed by atoms with van der Waals surface area (Å²) in [6.07, 6.45) is 0.906. The summed E-state index contributed by atoms with van der Waals surface area (Å²) in [5, 5.41) is 7.78. The number of hydrogen-bond acceptors (Lipinski definition) is 2. The number of benzene rings is 1. The number of aryl methyl sites for hydroxylation is 2. The number of likely N-dealkylation sites (N-methyl/N-ethyl adjacent to an activating group) is 1. The minimum Gasteiger partial charge on any atom is -0.313 e. The second kappa shape index (κ2) is 6.20. The van der Waals surface area contributed by atoms with Crippen molar-refractivity contribution in [2.24, 2.45) is 7.05 Å². The first-order chi connectivity index (χ1) is 9.01. The maximum atomic E-state index is 4.40. The van der Waals surface area contributed by atoms with Crippen molar-refractivity contribution in [3.63, 3.8) is 0 Å². The van der Waals surface area contributed by atoms with E-state index in [2.05, 4.69) is 60.5 Å². The van der Waals surface area contributed by atoms with E-state index >= 15 is 0 Å². The third-order valence-electron chi connectivity index (χ3n) is 3.19. The summed E-state index contributed by atoms with van der Waals surface area (Å²) in [6, 6.07) is 8.64. The van der Waals surface area contributed by atoms with E-state index in [4.69, 9.17) is 0 Å². The van der Waals surface area contributed by atoms with Gasteiger partial charge in [0.2, 0.25) is 0 Å². The zero-order valence-corrected chi connectivity index (χ0v) is 14.4. The second-order valence-corrected chi connectivity index (χ2v) is 6.38. The number of halogens is 2. The summed E-state index contributed by atoms with van der Waals surface area (Å²) in [5.41, 5.74) is 3.53. The average molecular weight is 387 g/mol. The van der Waals surface area contributed by atoms with Crippen LogP contribution in [0.25, 0.3) is 0 Å². The van der Waals surface area contributed by atoms with Crippen LogP contribution in [0, 0.1) is 6.92 Å². The standard InChI is InChI=1S/C14H17Br2N3/c1-9-6-11(19(3)18-9)8-14(17-2)12-7-10(15)4-5-13(12)16/h4-7,14,17H,8H2,1-3H3. The molecule has 2 rings (SSSR count). The summed E-state index contributed by atoms with van der Waals surface area (Å²) >= 11 is 7.16. The Balaban J connectivity index is 2.30. The van der Waals surface area contributed by atoms with E-state index in [1.807, 2.05) is 31.8 Å². The highest BCUT2D eigenvalue weighted by Crippen LogP contribution is 2.29. The lowest BCUT2D eigenvalue weighted by Gasteiger charge is -2.18. The molecule has 0 saturated heterocycles. The molecule has 1 aromatic heterocycles. The molecule has 0 radical (unpaired) electrons. The summed E-state index contributed by atoms with van der Waals surface area (Å²) in [4.78, 5) is 0. The smallest absolute Gasteiger partial charge is 0.0596 e. The van der Waals surface area contributed by atoms with Gasteiger partial charge in [0.25, 0.3) is 0 Å². The van der Waals surface area contributed by atoms with Crippen LogP contribution in [0.15, 0.2) is 33.2 Å². The van der Waals surface area contributed by atoms with Crippen LogP contribution in [0.1, 0.15) is 23.0 Å². The first-order valence-electron chi connectivity index (χ1n) is 6.13. The molecule has 5 heteroatoms. The Kier molecular flexibility index (Phi) is 4.81. The van der Waals surface area contributed by atoms with Gasteiger partial charge in [-0.25, -0.2) is 0 Å². The number of nitrogens with zero attached hydrogens (tertiary/aromatic N) is 2. The van der Waals surface area contributed by atoms with Crippen molar-refractivity contribution in [2.75, 3.05) is 7.05 Å². The fourth-order valence-corrected chi connectivity index (χ4v) is 3.12. The predicted molar refractivity (Wildman–Crippen MR) is 85.3 cm³/mol. The van der Waals surface area contributed by atoms with E-state index in [0.29, 0.717) is 0 Å². The Morgan fingerprint density at radius 3 is 2.63 bits per heavy atom. The van der Waals surface area contributed by atoms with Gasteiger partial charge in [-0.1, -0.05) is 31.9 Å². The lowest BCUT2D eigenvalue weighted by Crippen LogP contribution is -2.20. The molecule has 1 N–H and O–H groups in total. The largest absolute Gasteiger partial charge is 0.313 e. The van der Waals surface area contributed by atoms with Crippen LogP contribution in [-0.4, -0.2) is 16.8 Å². The Bertz CT molecular complexity index is 578. The molecule has 19 heavy (non-hydrogen) atoms. The van der Waals surface area contributed by atoms with Crippen molar-refractivity contribution >= 4 is 31.9 Å². The molecule has 1 aromatic carbocycles. The highest BCUT2D eigenvalue weighted by molar-refractivity contribution is 9.11. The van der Waals surface area contributed by atoms with Crippen LogP contribution in [0.4, 0.5) is 0 Å². The van der Waals surface area contributed by atoms with Crippen LogP contribution in [0.3, 0.4) is 0 Å². The molecule has 1 unspecified atom stereocenters. The molecular formula is C14H17Br2N3. The molecule has 0 bridgehead atoms. The quantitative estimate of drug-likeness (QED) is 0.866. The van der Waals surface area contributed by atoms with Crippen molar-refractivity contribution in [1.29, 1.82) is 0 Å². The lowest BCUT2D eigenvalue weighted by molar-refractivity contribution is 0.559. The first-order valence-corrected chi connectivity index (χ1v) is 7.71. The SMILES string of the molecule is CNC(Cc1cc(C)nn1C)c1cc(Br)ccc1Br. The Labute approximate surface area is 130 Å².